The number of hydrogen-bond donors (Lipinski definition) is 1. The van der Waals surface area contributed by atoms with Gasteiger partial charge in [-0.15, -0.1) is 0 Å². The average Bonchev–Trinajstić information content (AvgIpc) is 2.29. The number of aromatic nitrogens is 1. The maximum Gasteiger partial charge on any atom is 0.137 e. The van der Waals surface area contributed by atoms with Crippen LogP contribution in [0.25, 0.3) is 0 Å². The lowest BCUT2D eigenvalue weighted by molar-refractivity contribution is 0.242. The molecule has 1 unspecified atom stereocenters. The normalized spacial score (nSPS) is 13.4. The fraction of sp³-hybridized carbons (Fsp3) is 0.667. The number of hydrogen-bond acceptors (Lipinski definition) is 3. The third-order valence-electron chi connectivity index (χ3n) is 2.91. The van der Waals surface area contributed by atoms with Crippen molar-refractivity contribution in [3.05, 3.63) is 24.0 Å². The molecule has 3 nitrogen and oxygen atoms in total. The van der Waals surface area contributed by atoms with E-state index >= 15 is 0 Å². The van der Waals surface area contributed by atoms with E-state index in [4.69, 9.17) is 10.5 Å². The van der Waals surface area contributed by atoms with Gasteiger partial charge in [-0.25, -0.2) is 0 Å². The van der Waals surface area contributed by atoms with Gasteiger partial charge < -0.3 is 10.5 Å². The van der Waals surface area contributed by atoms with E-state index in [-0.39, 0.29) is 6.04 Å². The summed E-state index contributed by atoms with van der Waals surface area (Å²) in [6.45, 7) is 9.46. The number of rotatable bonds is 6. The van der Waals surface area contributed by atoms with E-state index in [0.717, 1.165) is 37.3 Å². The minimum Gasteiger partial charge on any atom is -0.492 e. The zero-order valence-electron chi connectivity index (χ0n) is 12.1. The molecule has 0 aliphatic heterocycles. The first-order valence-electron chi connectivity index (χ1n) is 6.74. The van der Waals surface area contributed by atoms with Crippen molar-refractivity contribution in [1.29, 1.82) is 0 Å². The van der Waals surface area contributed by atoms with Crippen LogP contribution in [0.4, 0.5) is 0 Å². The Balaban J connectivity index is 2.41. The second-order valence-electron chi connectivity index (χ2n) is 6.02. The highest BCUT2D eigenvalue weighted by Gasteiger charge is 2.10. The molecule has 102 valence electrons. The van der Waals surface area contributed by atoms with Gasteiger partial charge in [-0.1, -0.05) is 27.7 Å². The first kappa shape index (κ1) is 15.0. The van der Waals surface area contributed by atoms with Crippen molar-refractivity contribution in [2.75, 3.05) is 6.61 Å². The van der Waals surface area contributed by atoms with Crippen molar-refractivity contribution >= 4 is 0 Å². The fourth-order valence-corrected chi connectivity index (χ4v) is 1.51. The molecule has 1 rings (SSSR count). The second-order valence-corrected chi connectivity index (χ2v) is 6.02. The topological polar surface area (TPSA) is 48.1 Å². The molecule has 0 aliphatic rings. The lowest BCUT2D eigenvalue weighted by Gasteiger charge is -2.18. The molecule has 0 radical (unpaired) electrons. The van der Waals surface area contributed by atoms with Crippen molar-refractivity contribution in [2.24, 2.45) is 11.1 Å². The van der Waals surface area contributed by atoms with E-state index in [1.54, 1.807) is 6.20 Å². The third-order valence-corrected chi connectivity index (χ3v) is 2.91. The summed E-state index contributed by atoms with van der Waals surface area (Å²) in [4.78, 5) is 4.38. The maximum absolute atomic E-state index is 5.90. The molecule has 0 spiro atoms. The molecule has 1 aromatic rings. The molecule has 1 atom stereocenters. The number of ether oxygens (including phenoxy) is 1. The average molecular weight is 250 g/mol. The van der Waals surface area contributed by atoms with Gasteiger partial charge >= 0.3 is 0 Å². The Kier molecular flexibility index (Phi) is 5.60. The van der Waals surface area contributed by atoms with Gasteiger partial charge in [0, 0.05) is 18.2 Å². The van der Waals surface area contributed by atoms with Gasteiger partial charge in [-0.3, -0.25) is 4.98 Å². The predicted molar refractivity (Wildman–Crippen MR) is 75.8 cm³/mol. The Morgan fingerprint density at radius 3 is 2.56 bits per heavy atom. The van der Waals surface area contributed by atoms with Crippen LogP contribution in [0.3, 0.4) is 0 Å². The van der Waals surface area contributed by atoms with Gasteiger partial charge in [-0.05, 0) is 30.4 Å². The highest BCUT2D eigenvalue weighted by atomic mass is 16.5. The Labute approximate surface area is 111 Å². The lowest BCUT2D eigenvalue weighted by Crippen LogP contribution is -2.21. The lowest BCUT2D eigenvalue weighted by atomic mass is 9.93. The van der Waals surface area contributed by atoms with Crippen LogP contribution in [0.15, 0.2) is 18.3 Å². The minimum absolute atomic E-state index is 0.199. The molecule has 2 N–H and O–H groups in total. The molecule has 0 saturated heterocycles. The molecule has 0 bridgehead atoms. The first-order chi connectivity index (χ1) is 8.40. The van der Waals surface area contributed by atoms with Gasteiger partial charge in [0.1, 0.15) is 5.75 Å². The number of nitrogens with two attached hydrogens (primary N) is 1. The third kappa shape index (κ3) is 6.01. The van der Waals surface area contributed by atoms with E-state index < -0.39 is 0 Å². The number of pyridine rings is 1. The molecule has 0 fully saturated rings. The van der Waals surface area contributed by atoms with Gasteiger partial charge in [0.25, 0.3) is 0 Å². The molecular formula is C15H26N2O. The second kappa shape index (κ2) is 6.74. The van der Waals surface area contributed by atoms with Gasteiger partial charge in [0.05, 0.1) is 12.8 Å². The smallest absolute Gasteiger partial charge is 0.137 e. The van der Waals surface area contributed by atoms with E-state index in [9.17, 15) is 0 Å². The summed E-state index contributed by atoms with van der Waals surface area (Å²) in [5.41, 5.74) is 7.24. The quantitative estimate of drug-likeness (QED) is 0.843. The van der Waals surface area contributed by atoms with Crippen LogP contribution in [0.1, 0.15) is 46.2 Å². The van der Waals surface area contributed by atoms with Crippen LogP contribution in [0, 0.1) is 5.41 Å². The van der Waals surface area contributed by atoms with Gasteiger partial charge in [0.15, 0.2) is 0 Å². The van der Waals surface area contributed by atoms with Crippen LogP contribution < -0.4 is 10.5 Å². The Hall–Kier alpha value is -1.09. The van der Waals surface area contributed by atoms with Crippen molar-refractivity contribution in [2.45, 2.75) is 53.0 Å². The van der Waals surface area contributed by atoms with Crippen molar-refractivity contribution in [1.82, 2.24) is 4.98 Å². The van der Waals surface area contributed by atoms with Gasteiger partial charge in [0.2, 0.25) is 0 Å². The summed E-state index contributed by atoms with van der Waals surface area (Å²) in [7, 11) is 0. The molecule has 0 amide bonds. The maximum atomic E-state index is 5.90. The summed E-state index contributed by atoms with van der Waals surface area (Å²) in [5.74, 6) is 0.841. The number of nitrogens with zero attached hydrogens (tertiary/aromatic N) is 1. The Morgan fingerprint density at radius 1 is 1.33 bits per heavy atom. The van der Waals surface area contributed by atoms with Crippen molar-refractivity contribution < 1.29 is 4.74 Å². The summed E-state index contributed by atoms with van der Waals surface area (Å²) in [6, 6.07) is 4.18. The zero-order chi connectivity index (χ0) is 13.6. The summed E-state index contributed by atoms with van der Waals surface area (Å²) >= 11 is 0. The summed E-state index contributed by atoms with van der Waals surface area (Å²) in [5, 5.41) is 0. The first-order valence-corrected chi connectivity index (χ1v) is 6.74. The highest BCUT2D eigenvalue weighted by molar-refractivity contribution is 5.20. The Morgan fingerprint density at radius 2 is 2.06 bits per heavy atom. The molecule has 0 aromatic carbocycles. The molecule has 18 heavy (non-hydrogen) atoms. The summed E-state index contributed by atoms with van der Waals surface area (Å²) in [6.07, 6.45) is 4.64. The standard InChI is InChI=1S/C15H26N2O/c1-5-12(16)10-13-6-7-14(11-17-13)18-9-8-15(2,3)4/h6-7,11-12H,5,8-10,16H2,1-4H3. The van der Waals surface area contributed by atoms with Crippen LogP contribution in [-0.4, -0.2) is 17.6 Å². The van der Waals surface area contributed by atoms with Crippen molar-refractivity contribution in [3.8, 4) is 5.75 Å². The molecular weight excluding hydrogens is 224 g/mol. The van der Waals surface area contributed by atoms with Crippen LogP contribution in [0.2, 0.25) is 0 Å². The molecule has 3 heteroatoms. The molecule has 1 heterocycles. The van der Waals surface area contributed by atoms with E-state index in [0.29, 0.717) is 5.41 Å². The zero-order valence-corrected chi connectivity index (χ0v) is 12.1. The Bertz CT molecular complexity index is 341. The van der Waals surface area contributed by atoms with Crippen LogP contribution in [0.5, 0.6) is 5.75 Å². The van der Waals surface area contributed by atoms with E-state index in [1.165, 1.54) is 0 Å². The molecule has 0 saturated carbocycles. The van der Waals surface area contributed by atoms with E-state index in [1.807, 2.05) is 12.1 Å². The predicted octanol–water partition coefficient (Wildman–Crippen LogP) is 3.18. The minimum atomic E-state index is 0.199. The largest absolute Gasteiger partial charge is 0.492 e. The van der Waals surface area contributed by atoms with Crippen LogP contribution in [-0.2, 0) is 6.42 Å². The monoisotopic (exact) mass is 250 g/mol. The SMILES string of the molecule is CCC(N)Cc1ccc(OCCC(C)(C)C)cn1. The van der Waals surface area contributed by atoms with E-state index in [2.05, 4.69) is 32.7 Å². The fourth-order valence-electron chi connectivity index (χ4n) is 1.51. The molecule has 0 aliphatic carbocycles. The molecule has 1 aromatic heterocycles. The van der Waals surface area contributed by atoms with Crippen molar-refractivity contribution in [3.63, 3.8) is 0 Å². The van der Waals surface area contributed by atoms with Crippen LogP contribution >= 0.6 is 0 Å². The summed E-state index contributed by atoms with van der Waals surface area (Å²) < 4.78 is 5.67. The van der Waals surface area contributed by atoms with Gasteiger partial charge in [-0.2, -0.15) is 0 Å². The highest BCUT2D eigenvalue weighted by Crippen LogP contribution is 2.19.